The average Bonchev–Trinajstić information content (AvgIpc) is 3.21. The molecule has 1 aromatic rings. The van der Waals surface area contributed by atoms with Crippen LogP contribution in [-0.4, -0.2) is 52.7 Å². The molecule has 3 saturated heterocycles. The van der Waals surface area contributed by atoms with Crippen molar-refractivity contribution in [2.45, 2.75) is 38.9 Å². The van der Waals surface area contributed by atoms with E-state index in [1.54, 1.807) is 0 Å². The smallest absolute Gasteiger partial charge is 0.232 e. The molecule has 18 heavy (non-hydrogen) atoms. The molecule has 0 N–H and O–H groups in total. The second-order valence-electron chi connectivity index (χ2n) is 5.74. The maximum absolute atomic E-state index is 4.60. The van der Waals surface area contributed by atoms with Gasteiger partial charge in [-0.3, -0.25) is 0 Å². The fraction of sp³-hybridized carbons (Fsp3) is 0.750. The molecule has 6 heteroatoms. The van der Waals surface area contributed by atoms with Crippen molar-refractivity contribution in [2.24, 2.45) is 0 Å². The Morgan fingerprint density at radius 2 is 0.889 bits per heavy atom. The normalized spacial score (nSPS) is 32.8. The van der Waals surface area contributed by atoms with Gasteiger partial charge in [0.1, 0.15) is 0 Å². The van der Waals surface area contributed by atoms with E-state index in [0.717, 1.165) is 37.5 Å². The lowest BCUT2D eigenvalue weighted by molar-refractivity contribution is 0.943. The highest BCUT2D eigenvalue weighted by atomic mass is 15.5. The summed E-state index contributed by atoms with van der Waals surface area (Å²) < 4.78 is 0. The number of rotatable bonds is 3. The fourth-order valence-electron chi connectivity index (χ4n) is 2.28. The highest BCUT2D eigenvalue weighted by Crippen LogP contribution is 2.33. The van der Waals surface area contributed by atoms with Gasteiger partial charge in [0, 0.05) is 37.8 Å². The van der Waals surface area contributed by atoms with Crippen molar-refractivity contribution in [3.8, 4) is 0 Å². The Hall–Kier alpha value is -1.59. The molecule has 96 valence electrons. The lowest BCUT2D eigenvalue weighted by Crippen LogP contribution is -2.12. The molecule has 4 rings (SSSR count). The van der Waals surface area contributed by atoms with E-state index in [-0.39, 0.29) is 0 Å². The van der Waals surface area contributed by atoms with Gasteiger partial charge in [-0.2, -0.15) is 15.0 Å². The lowest BCUT2D eigenvalue weighted by atomic mass is 10.6. The van der Waals surface area contributed by atoms with Gasteiger partial charge in [-0.05, 0) is 20.8 Å². The topological polar surface area (TPSA) is 47.7 Å². The Balaban J connectivity index is 1.69. The third-order valence-corrected chi connectivity index (χ3v) is 3.95. The van der Waals surface area contributed by atoms with Crippen LogP contribution < -0.4 is 14.7 Å². The molecule has 0 aliphatic carbocycles. The van der Waals surface area contributed by atoms with Crippen LogP contribution in [0.15, 0.2) is 0 Å². The first-order valence-corrected chi connectivity index (χ1v) is 6.69. The first kappa shape index (κ1) is 10.3. The number of hydrogen-bond acceptors (Lipinski definition) is 6. The van der Waals surface area contributed by atoms with E-state index >= 15 is 0 Å². The van der Waals surface area contributed by atoms with Crippen LogP contribution in [0.3, 0.4) is 0 Å². The molecule has 6 nitrogen and oxygen atoms in total. The largest absolute Gasteiger partial charge is 0.334 e. The molecule has 0 radical (unpaired) electrons. The zero-order chi connectivity index (χ0) is 12.4. The summed E-state index contributed by atoms with van der Waals surface area (Å²) >= 11 is 0. The van der Waals surface area contributed by atoms with Crippen LogP contribution in [0, 0.1) is 0 Å². The molecule has 0 aromatic carbocycles. The number of anilines is 3. The van der Waals surface area contributed by atoms with Crippen LogP contribution in [0.1, 0.15) is 20.8 Å². The van der Waals surface area contributed by atoms with Crippen molar-refractivity contribution in [3.05, 3.63) is 0 Å². The predicted molar refractivity (Wildman–Crippen MR) is 70.3 cm³/mol. The first-order chi connectivity index (χ1) is 8.63. The van der Waals surface area contributed by atoms with Crippen LogP contribution in [-0.2, 0) is 0 Å². The Bertz CT molecular complexity index is 420. The van der Waals surface area contributed by atoms with E-state index in [1.165, 1.54) is 0 Å². The summed E-state index contributed by atoms with van der Waals surface area (Å²) in [6, 6.07) is 1.73. The van der Waals surface area contributed by atoms with Gasteiger partial charge in [0.25, 0.3) is 0 Å². The molecule has 0 bridgehead atoms. The molecule has 1 aromatic heterocycles. The van der Waals surface area contributed by atoms with Gasteiger partial charge < -0.3 is 14.7 Å². The summed E-state index contributed by atoms with van der Waals surface area (Å²) in [6.07, 6.45) is 0. The number of hydrogen-bond donors (Lipinski definition) is 0. The van der Waals surface area contributed by atoms with Crippen LogP contribution in [0.5, 0.6) is 0 Å². The summed E-state index contributed by atoms with van der Waals surface area (Å²) in [7, 11) is 0. The highest BCUT2D eigenvalue weighted by molar-refractivity contribution is 5.55. The average molecular weight is 246 g/mol. The molecular formula is C12H18N6. The van der Waals surface area contributed by atoms with Crippen molar-refractivity contribution in [1.82, 2.24) is 15.0 Å². The van der Waals surface area contributed by atoms with Gasteiger partial charge in [0.15, 0.2) is 0 Å². The summed E-state index contributed by atoms with van der Waals surface area (Å²) in [5.41, 5.74) is 0. The molecule has 0 amide bonds. The SMILES string of the molecule is CC1CN1c1nc(N2CC2C)nc(N2CC2C)n1. The first-order valence-electron chi connectivity index (χ1n) is 6.69. The van der Waals surface area contributed by atoms with Crippen molar-refractivity contribution >= 4 is 17.8 Å². The molecule has 3 aliphatic rings. The summed E-state index contributed by atoms with van der Waals surface area (Å²) in [5, 5.41) is 0. The second kappa shape index (κ2) is 3.24. The Morgan fingerprint density at radius 3 is 1.06 bits per heavy atom. The quantitative estimate of drug-likeness (QED) is 0.724. The molecular weight excluding hydrogens is 228 g/mol. The minimum absolute atomic E-state index is 0.575. The number of nitrogens with zero attached hydrogens (tertiary/aromatic N) is 6. The third-order valence-electron chi connectivity index (χ3n) is 3.95. The zero-order valence-corrected chi connectivity index (χ0v) is 11.0. The van der Waals surface area contributed by atoms with E-state index in [4.69, 9.17) is 0 Å². The maximum atomic E-state index is 4.60. The van der Waals surface area contributed by atoms with Crippen LogP contribution >= 0.6 is 0 Å². The molecule has 3 aliphatic heterocycles. The van der Waals surface area contributed by atoms with Crippen molar-refractivity contribution in [2.75, 3.05) is 34.3 Å². The van der Waals surface area contributed by atoms with E-state index in [2.05, 4.69) is 50.4 Å². The Kier molecular flexibility index (Phi) is 1.86. The minimum Gasteiger partial charge on any atom is -0.334 e. The summed E-state index contributed by atoms with van der Waals surface area (Å²) in [6.45, 7) is 9.78. The van der Waals surface area contributed by atoms with Gasteiger partial charge in [-0.25, -0.2) is 0 Å². The van der Waals surface area contributed by atoms with E-state index in [9.17, 15) is 0 Å². The fourth-order valence-corrected chi connectivity index (χ4v) is 2.28. The Labute approximate surface area is 107 Å². The lowest BCUT2D eigenvalue weighted by Gasteiger charge is -2.10. The molecule has 3 fully saturated rings. The Morgan fingerprint density at radius 1 is 0.667 bits per heavy atom. The van der Waals surface area contributed by atoms with Gasteiger partial charge in [-0.15, -0.1) is 0 Å². The third kappa shape index (κ3) is 1.59. The monoisotopic (exact) mass is 246 g/mol. The van der Waals surface area contributed by atoms with Crippen LogP contribution in [0.25, 0.3) is 0 Å². The van der Waals surface area contributed by atoms with Crippen molar-refractivity contribution in [1.29, 1.82) is 0 Å². The molecule has 0 saturated carbocycles. The van der Waals surface area contributed by atoms with Gasteiger partial charge in [0.05, 0.1) is 0 Å². The highest BCUT2D eigenvalue weighted by Gasteiger charge is 2.39. The molecule has 4 heterocycles. The van der Waals surface area contributed by atoms with Gasteiger partial charge in [-0.1, -0.05) is 0 Å². The predicted octanol–water partition coefficient (Wildman–Crippen LogP) is 0.497. The molecule has 3 unspecified atom stereocenters. The minimum atomic E-state index is 0.575. The van der Waals surface area contributed by atoms with E-state index in [0.29, 0.717) is 18.1 Å². The summed E-state index contributed by atoms with van der Waals surface area (Å²) in [5.74, 6) is 2.54. The molecule has 0 spiro atoms. The zero-order valence-electron chi connectivity index (χ0n) is 11.0. The van der Waals surface area contributed by atoms with Crippen molar-refractivity contribution in [3.63, 3.8) is 0 Å². The summed E-state index contributed by atoms with van der Waals surface area (Å²) in [4.78, 5) is 20.4. The number of aromatic nitrogens is 3. The van der Waals surface area contributed by atoms with Crippen molar-refractivity contribution < 1.29 is 0 Å². The second-order valence-corrected chi connectivity index (χ2v) is 5.74. The van der Waals surface area contributed by atoms with Crippen LogP contribution in [0.4, 0.5) is 17.8 Å². The standard InChI is InChI=1S/C12H18N6/c1-7-4-16(7)10-13-11(17-5-8(17)2)15-12(14-10)18-6-9(18)3/h7-9H,4-6H2,1-3H3. The molecule has 3 atom stereocenters. The van der Waals surface area contributed by atoms with E-state index < -0.39 is 0 Å². The van der Waals surface area contributed by atoms with Gasteiger partial charge in [0.2, 0.25) is 17.8 Å². The van der Waals surface area contributed by atoms with Gasteiger partial charge >= 0.3 is 0 Å². The maximum Gasteiger partial charge on any atom is 0.232 e. The van der Waals surface area contributed by atoms with Crippen LogP contribution in [0.2, 0.25) is 0 Å². The van der Waals surface area contributed by atoms with E-state index in [1.807, 2.05) is 0 Å².